The lowest BCUT2D eigenvalue weighted by Crippen LogP contribution is -2.59. The fraction of sp³-hybridized carbons (Fsp3) is 0.560. The fourth-order valence-corrected chi connectivity index (χ4v) is 4.62. The van der Waals surface area contributed by atoms with Crippen LogP contribution < -0.4 is 26.1 Å². The average Bonchev–Trinajstić information content (AvgIpc) is 3.17. The molecule has 1 saturated heterocycles. The molecule has 0 bridgehead atoms. The van der Waals surface area contributed by atoms with E-state index in [1.165, 1.54) is 11.3 Å². The van der Waals surface area contributed by atoms with Gasteiger partial charge in [0.15, 0.2) is 5.13 Å². The monoisotopic (exact) mass is 518 g/mol. The van der Waals surface area contributed by atoms with Crippen LogP contribution in [0.25, 0.3) is 10.4 Å². The molecule has 0 unspecified atom stereocenters. The number of nitrogens with one attached hydrogen (secondary N) is 3. The number of carbonyl (C=O) groups is 2. The van der Waals surface area contributed by atoms with Gasteiger partial charge in [-0.25, -0.2) is 15.2 Å². The highest BCUT2D eigenvalue weighted by molar-refractivity contribution is 7.19. The van der Waals surface area contributed by atoms with E-state index in [4.69, 9.17) is 4.74 Å². The molecule has 1 fully saturated rings. The van der Waals surface area contributed by atoms with Crippen molar-refractivity contribution < 1.29 is 19.5 Å². The van der Waals surface area contributed by atoms with Crippen LogP contribution in [0.5, 0.6) is 0 Å². The first-order valence-corrected chi connectivity index (χ1v) is 13.0. The Bertz CT molecular complexity index is 1060. The molecule has 2 heterocycles. The van der Waals surface area contributed by atoms with Crippen LogP contribution in [0, 0.1) is 5.92 Å². The summed E-state index contributed by atoms with van der Waals surface area (Å²) < 4.78 is 5.17. The zero-order valence-electron chi connectivity index (χ0n) is 22.1. The Kier molecular flexibility index (Phi) is 8.80. The third-order valence-corrected chi connectivity index (χ3v) is 6.22. The minimum absolute atomic E-state index is 0.0829. The molecule has 1 aromatic heterocycles. The summed E-state index contributed by atoms with van der Waals surface area (Å²) in [6.45, 7) is 14.8. The number of carbonyl (C=O) groups excluding carboxylic acids is 2. The van der Waals surface area contributed by atoms with Crippen molar-refractivity contribution in [3.63, 3.8) is 0 Å². The molecule has 36 heavy (non-hydrogen) atoms. The Hall–Kier alpha value is -2.89. The summed E-state index contributed by atoms with van der Waals surface area (Å²) >= 11 is 1.50. The van der Waals surface area contributed by atoms with E-state index in [0.717, 1.165) is 20.7 Å². The van der Waals surface area contributed by atoms with Crippen molar-refractivity contribution in [3.05, 3.63) is 24.4 Å². The van der Waals surface area contributed by atoms with E-state index >= 15 is 0 Å². The van der Waals surface area contributed by atoms with E-state index in [9.17, 15) is 14.8 Å². The van der Waals surface area contributed by atoms with Crippen LogP contribution in [0.1, 0.15) is 54.9 Å². The molecule has 0 saturated carbocycles. The average molecular weight is 519 g/mol. The van der Waals surface area contributed by atoms with E-state index in [1.54, 1.807) is 32.2 Å². The van der Waals surface area contributed by atoms with Gasteiger partial charge in [-0.05, 0) is 58.7 Å². The summed E-state index contributed by atoms with van der Waals surface area (Å²) in [6.07, 6.45) is 1.49. The second-order valence-corrected chi connectivity index (χ2v) is 11.8. The number of hydrazine groups is 1. The van der Waals surface area contributed by atoms with Gasteiger partial charge in [0.05, 0.1) is 22.7 Å². The largest absolute Gasteiger partial charge is 0.447 e. The summed E-state index contributed by atoms with van der Waals surface area (Å²) in [6, 6.07) is 5.39. The van der Waals surface area contributed by atoms with E-state index in [-0.39, 0.29) is 18.1 Å². The van der Waals surface area contributed by atoms with E-state index in [1.807, 2.05) is 40.7 Å². The van der Waals surface area contributed by atoms with Crippen molar-refractivity contribution in [2.75, 3.05) is 28.5 Å². The number of nitrogens with zero attached hydrogens (tertiary/aromatic N) is 3. The molecule has 0 atom stereocenters. The molecule has 1 aromatic carbocycles. The van der Waals surface area contributed by atoms with Gasteiger partial charge in [0.25, 0.3) is 0 Å². The number of benzene rings is 1. The number of anilines is 3. The first-order valence-electron chi connectivity index (χ1n) is 12.2. The van der Waals surface area contributed by atoms with Crippen molar-refractivity contribution in [2.45, 2.75) is 72.6 Å². The smallest absolute Gasteiger partial charge is 0.411 e. The summed E-state index contributed by atoms with van der Waals surface area (Å²) in [4.78, 5) is 31.7. The van der Waals surface area contributed by atoms with Crippen LogP contribution in [0.15, 0.2) is 24.4 Å². The Labute approximate surface area is 217 Å². The van der Waals surface area contributed by atoms with Crippen LogP contribution in [0.2, 0.25) is 0 Å². The zero-order valence-corrected chi connectivity index (χ0v) is 22.9. The predicted octanol–water partition coefficient (Wildman–Crippen LogP) is 4.62. The topological polar surface area (TPSA) is 119 Å². The number of hydrogen-bond acceptors (Lipinski definition) is 9. The lowest BCUT2D eigenvalue weighted by Gasteiger charge is -2.39. The molecule has 0 spiro atoms. The van der Waals surface area contributed by atoms with Gasteiger partial charge in [-0.15, -0.1) is 0 Å². The number of hydrogen-bond donors (Lipinski definition) is 4. The molecule has 0 aliphatic carbocycles. The molecule has 1 aliphatic heterocycles. The number of ether oxygens (including phenoxy) is 1. The Balaban J connectivity index is 1.76. The molecule has 198 valence electrons. The molecule has 2 amide bonds. The first kappa shape index (κ1) is 27.7. The van der Waals surface area contributed by atoms with Crippen molar-refractivity contribution in [3.8, 4) is 10.4 Å². The summed E-state index contributed by atoms with van der Waals surface area (Å²) in [7, 11) is 0. The maximum atomic E-state index is 12.1. The van der Waals surface area contributed by atoms with E-state index in [2.05, 4.69) is 25.9 Å². The van der Waals surface area contributed by atoms with Gasteiger partial charge in [0.1, 0.15) is 0 Å². The van der Waals surface area contributed by atoms with Crippen LogP contribution >= 0.6 is 11.3 Å². The van der Waals surface area contributed by atoms with Gasteiger partial charge in [-0.1, -0.05) is 25.2 Å². The van der Waals surface area contributed by atoms with Gasteiger partial charge in [-0.2, -0.15) is 5.17 Å². The molecular weight excluding hydrogens is 480 g/mol. The van der Waals surface area contributed by atoms with E-state index < -0.39 is 11.6 Å². The van der Waals surface area contributed by atoms with Crippen molar-refractivity contribution in [1.82, 2.24) is 15.7 Å². The predicted molar refractivity (Wildman–Crippen MR) is 144 cm³/mol. The highest BCUT2D eigenvalue weighted by atomic mass is 32.1. The van der Waals surface area contributed by atoms with Gasteiger partial charge in [0.2, 0.25) is 5.91 Å². The number of thiazole rings is 1. The molecule has 4 N–H and O–H groups in total. The SMILES string of the molecule is CC(C)CC(=O)NC1CN(c2ncc(-c3ccc(NC(=O)OC(C)C)cc3N(O)NC(C)(C)C)s2)C1. The maximum absolute atomic E-state index is 12.1. The summed E-state index contributed by atoms with van der Waals surface area (Å²) in [5.41, 5.74) is 4.32. The highest BCUT2D eigenvalue weighted by Crippen LogP contribution is 2.39. The lowest BCUT2D eigenvalue weighted by atomic mass is 10.1. The van der Waals surface area contributed by atoms with Gasteiger partial charge in [-0.3, -0.25) is 15.3 Å². The Morgan fingerprint density at radius 1 is 1.25 bits per heavy atom. The normalized spacial score (nSPS) is 14.1. The van der Waals surface area contributed by atoms with Crippen LogP contribution in [-0.4, -0.2) is 53.0 Å². The molecule has 11 heteroatoms. The molecular formula is C25H38N6O4S. The summed E-state index contributed by atoms with van der Waals surface area (Å²) in [5, 5.41) is 18.5. The van der Waals surface area contributed by atoms with Crippen LogP contribution in [0.4, 0.5) is 21.3 Å². The molecule has 10 nitrogen and oxygen atoms in total. The fourth-order valence-electron chi connectivity index (χ4n) is 3.65. The maximum Gasteiger partial charge on any atom is 0.411 e. The minimum atomic E-state index is -0.565. The Morgan fingerprint density at radius 3 is 2.56 bits per heavy atom. The standard InChI is InChI=1S/C25H38N6O4S/c1-15(2)10-22(32)27-18-13-30(14-18)23-26-12-21(36-23)19-9-8-17(28-24(33)35-16(3)4)11-20(19)31(34)29-25(5,6)7/h8-9,11-12,15-16,18,29,34H,10,13-14H2,1-7H3,(H,27,32)(H,28,33). The Morgan fingerprint density at radius 2 is 1.94 bits per heavy atom. The number of amides is 2. The van der Waals surface area contributed by atoms with Crippen molar-refractivity contribution in [2.24, 2.45) is 5.92 Å². The zero-order chi connectivity index (χ0) is 26.6. The molecule has 0 radical (unpaired) electrons. The number of rotatable bonds is 9. The van der Waals surface area contributed by atoms with Gasteiger partial charge >= 0.3 is 6.09 Å². The first-order chi connectivity index (χ1) is 16.8. The molecule has 2 aromatic rings. The number of aromatic nitrogens is 1. The minimum Gasteiger partial charge on any atom is -0.447 e. The van der Waals surface area contributed by atoms with Crippen molar-refractivity contribution in [1.29, 1.82) is 0 Å². The second-order valence-electron chi connectivity index (χ2n) is 10.8. The van der Waals surface area contributed by atoms with Crippen molar-refractivity contribution >= 4 is 39.8 Å². The van der Waals surface area contributed by atoms with Crippen LogP contribution in [0.3, 0.4) is 0 Å². The lowest BCUT2D eigenvalue weighted by molar-refractivity contribution is -0.122. The third kappa shape index (κ3) is 7.81. The highest BCUT2D eigenvalue weighted by Gasteiger charge is 2.30. The second kappa shape index (κ2) is 11.4. The summed E-state index contributed by atoms with van der Waals surface area (Å²) in [5.74, 6) is 0.415. The molecule has 1 aliphatic rings. The van der Waals surface area contributed by atoms with E-state index in [0.29, 0.717) is 36.8 Å². The molecule has 3 rings (SSSR count). The quantitative estimate of drug-likeness (QED) is 0.355. The van der Waals surface area contributed by atoms with Gasteiger partial charge < -0.3 is 15.0 Å². The van der Waals surface area contributed by atoms with Gasteiger partial charge in [0, 0.05) is 42.5 Å². The third-order valence-electron chi connectivity index (χ3n) is 5.13. The van der Waals surface area contributed by atoms with Crippen LogP contribution in [-0.2, 0) is 9.53 Å².